The maximum Gasteiger partial charge on any atom is 0.0455 e. The van der Waals surface area contributed by atoms with Gasteiger partial charge in [-0.15, -0.1) is 0 Å². The van der Waals surface area contributed by atoms with Gasteiger partial charge in [0.25, 0.3) is 0 Å². The third-order valence-electron chi connectivity index (χ3n) is 5.56. The van der Waals surface area contributed by atoms with Gasteiger partial charge in [0.2, 0.25) is 0 Å². The fourth-order valence-corrected chi connectivity index (χ4v) is 4.14. The number of rotatable bonds is 5. The van der Waals surface area contributed by atoms with Crippen LogP contribution in [0.15, 0.2) is 18.2 Å². The van der Waals surface area contributed by atoms with Crippen molar-refractivity contribution in [3.8, 4) is 0 Å². The smallest absolute Gasteiger partial charge is 0.0455 e. The molecular formula is C19H30ClN3. The number of benzene rings is 1. The molecule has 4 heteroatoms. The lowest BCUT2D eigenvalue weighted by atomic mass is 10.0. The van der Waals surface area contributed by atoms with Crippen LogP contribution in [0.1, 0.15) is 38.2 Å². The second-order valence-corrected chi connectivity index (χ2v) is 7.43. The predicted octanol–water partition coefficient (Wildman–Crippen LogP) is 3.69. The highest BCUT2D eigenvalue weighted by atomic mass is 35.5. The van der Waals surface area contributed by atoms with Gasteiger partial charge < -0.3 is 10.2 Å². The summed E-state index contributed by atoms with van der Waals surface area (Å²) in [7, 11) is 0. The third kappa shape index (κ3) is 4.20. The Hall–Kier alpha value is -0.770. The van der Waals surface area contributed by atoms with Crippen molar-refractivity contribution in [1.82, 2.24) is 10.2 Å². The first kappa shape index (κ1) is 17.1. The van der Waals surface area contributed by atoms with Gasteiger partial charge in [-0.25, -0.2) is 0 Å². The standard InChI is InChI=1S/C19H30ClN3/c1-3-22-10-4-5-18(22)14-21-16-8-11-23(12-9-16)17-7-6-15(2)19(20)13-17/h6-7,13,16,18,21H,3-5,8-12,14H2,1-2H3. The molecule has 3 rings (SSSR count). The maximum atomic E-state index is 6.27. The molecule has 128 valence electrons. The number of anilines is 1. The number of hydrogen-bond acceptors (Lipinski definition) is 3. The first-order valence-electron chi connectivity index (χ1n) is 9.16. The second-order valence-electron chi connectivity index (χ2n) is 7.03. The Morgan fingerprint density at radius 1 is 1.17 bits per heavy atom. The van der Waals surface area contributed by atoms with Crippen LogP contribution in [-0.2, 0) is 0 Å². The van der Waals surface area contributed by atoms with Gasteiger partial charge in [0.05, 0.1) is 0 Å². The quantitative estimate of drug-likeness (QED) is 0.885. The number of hydrogen-bond donors (Lipinski definition) is 1. The van der Waals surface area contributed by atoms with Crippen LogP contribution in [0, 0.1) is 6.92 Å². The molecule has 1 atom stereocenters. The monoisotopic (exact) mass is 335 g/mol. The summed E-state index contributed by atoms with van der Waals surface area (Å²) in [6.07, 6.45) is 5.18. The molecule has 2 heterocycles. The van der Waals surface area contributed by atoms with Crippen LogP contribution < -0.4 is 10.2 Å². The van der Waals surface area contributed by atoms with Crippen LogP contribution in [0.25, 0.3) is 0 Å². The Bertz CT molecular complexity index is 511. The SMILES string of the molecule is CCN1CCCC1CNC1CCN(c2ccc(C)c(Cl)c2)CC1. The molecule has 0 radical (unpaired) electrons. The minimum Gasteiger partial charge on any atom is -0.371 e. The normalized spacial score (nSPS) is 23.6. The third-order valence-corrected chi connectivity index (χ3v) is 5.97. The summed E-state index contributed by atoms with van der Waals surface area (Å²) in [6.45, 7) is 10.2. The number of piperidine rings is 1. The van der Waals surface area contributed by atoms with E-state index in [9.17, 15) is 0 Å². The summed E-state index contributed by atoms with van der Waals surface area (Å²) in [6, 6.07) is 7.87. The van der Waals surface area contributed by atoms with Crippen LogP contribution in [-0.4, -0.2) is 49.7 Å². The number of nitrogens with one attached hydrogen (secondary N) is 1. The molecule has 3 nitrogen and oxygen atoms in total. The first-order valence-corrected chi connectivity index (χ1v) is 9.53. The van der Waals surface area contributed by atoms with Crippen molar-refractivity contribution in [1.29, 1.82) is 0 Å². The molecule has 1 aromatic carbocycles. The lowest BCUT2D eigenvalue weighted by Crippen LogP contribution is -2.46. The summed E-state index contributed by atoms with van der Waals surface area (Å²) >= 11 is 6.27. The highest BCUT2D eigenvalue weighted by Crippen LogP contribution is 2.26. The average molecular weight is 336 g/mol. The molecule has 2 fully saturated rings. The number of nitrogens with zero attached hydrogens (tertiary/aromatic N) is 2. The Kier molecular flexibility index (Phi) is 5.84. The van der Waals surface area contributed by atoms with Crippen molar-refractivity contribution in [2.45, 2.75) is 51.6 Å². The highest BCUT2D eigenvalue weighted by molar-refractivity contribution is 6.31. The Labute approximate surface area is 146 Å². The van der Waals surface area contributed by atoms with Crippen molar-refractivity contribution in [2.75, 3.05) is 37.6 Å². The van der Waals surface area contributed by atoms with Gasteiger partial charge in [-0.05, 0) is 63.4 Å². The van der Waals surface area contributed by atoms with E-state index in [4.69, 9.17) is 11.6 Å². The van der Waals surface area contributed by atoms with E-state index in [1.807, 2.05) is 0 Å². The molecule has 0 bridgehead atoms. The molecule has 1 unspecified atom stereocenters. The van der Waals surface area contributed by atoms with E-state index in [1.165, 1.54) is 44.5 Å². The van der Waals surface area contributed by atoms with Crippen LogP contribution in [0.3, 0.4) is 0 Å². The summed E-state index contributed by atoms with van der Waals surface area (Å²) < 4.78 is 0. The largest absolute Gasteiger partial charge is 0.371 e. The zero-order valence-electron chi connectivity index (χ0n) is 14.5. The topological polar surface area (TPSA) is 18.5 Å². The minimum atomic E-state index is 0.673. The summed E-state index contributed by atoms with van der Waals surface area (Å²) in [5.41, 5.74) is 2.43. The molecule has 2 aliphatic rings. The molecule has 2 saturated heterocycles. The van der Waals surface area contributed by atoms with Crippen LogP contribution in [0.4, 0.5) is 5.69 Å². The van der Waals surface area contributed by atoms with Gasteiger partial charge in [-0.3, -0.25) is 4.90 Å². The van der Waals surface area contributed by atoms with E-state index in [-0.39, 0.29) is 0 Å². The zero-order chi connectivity index (χ0) is 16.2. The molecule has 0 spiro atoms. The van der Waals surface area contributed by atoms with Crippen molar-refractivity contribution < 1.29 is 0 Å². The van der Waals surface area contributed by atoms with E-state index < -0.39 is 0 Å². The average Bonchev–Trinajstić information content (AvgIpc) is 3.03. The lowest BCUT2D eigenvalue weighted by Gasteiger charge is -2.35. The second kappa shape index (κ2) is 7.87. The van der Waals surface area contributed by atoms with Crippen molar-refractivity contribution in [3.63, 3.8) is 0 Å². The number of halogens is 1. The molecule has 2 aliphatic heterocycles. The molecule has 0 aromatic heterocycles. The fraction of sp³-hybridized carbons (Fsp3) is 0.684. The summed E-state index contributed by atoms with van der Waals surface area (Å²) in [4.78, 5) is 5.09. The van der Waals surface area contributed by atoms with Crippen molar-refractivity contribution in [2.24, 2.45) is 0 Å². The van der Waals surface area contributed by atoms with Gasteiger partial charge in [-0.2, -0.15) is 0 Å². The Balaban J connectivity index is 1.46. The zero-order valence-corrected chi connectivity index (χ0v) is 15.3. The van der Waals surface area contributed by atoms with E-state index in [1.54, 1.807) is 0 Å². The van der Waals surface area contributed by atoms with E-state index in [0.717, 1.165) is 36.3 Å². The van der Waals surface area contributed by atoms with Crippen molar-refractivity contribution >= 4 is 17.3 Å². The highest BCUT2D eigenvalue weighted by Gasteiger charge is 2.25. The number of likely N-dealkylation sites (N-methyl/N-ethyl adjacent to an activating group) is 1. The Morgan fingerprint density at radius 2 is 1.96 bits per heavy atom. The Morgan fingerprint density at radius 3 is 2.65 bits per heavy atom. The number of aryl methyl sites for hydroxylation is 1. The summed E-state index contributed by atoms with van der Waals surface area (Å²) in [5.74, 6) is 0. The van der Waals surface area contributed by atoms with Gasteiger partial charge in [0.15, 0.2) is 0 Å². The van der Waals surface area contributed by atoms with Gasteiger partial charge >= 0.3 is 0 Å². The predicted molar refractivity (Wildman–Crippen MR) is 99.7 cm³/mol. The fourth-order valence-electron chi connectivity index (χ4n) is 3.97. The molecular weight excluding hydrogens is 306 g/mol. The maximum absolute atomic E-state index is 6.27. The molecule has 1 N–H and O–H groups in total. The van der Waals surface area contributed by atoms with Gasteiger partial charge in [0.1, 0.15) is 0 Å². The van der Waals surface area contributed by atoms with Crippen LogP contribution in [0.5, 0.6) is 0 Å². The summed E-state index contributed by atoms with van der Waals surface area (Å²) in [5, 5.41) is 4.70. The van der Waals surface area contributed by atoms with Crippen LogP contribution in [0.2, 0.25) is 5.02 Å². The molecule has 0 amide bonds. The minimum absolute atomic E-state index is 0.673. The molecule has 0 aliphatic carbocycles. The van der Waals surface area contributed by atoms with E-state index >= 15 is 0 Å². The number of likely N-dealkylation sites (tertiary alicyclic amines) is 1. The van der Waals surface area contributed by atoms with Crippen molar-refractivity contribution in [3.05, 3.63) is 28.8 Å². The van der Waals surface area contributed by atoms with Crippen LogP contribution >= 0.6 is 11.6 Å². The van der Waals surface area contributed by atoms with E-state index in [2.05, 4.69) is 47.2 Å². The van der Waals surface area contributed by atoms with Gasteiger partial charge in [-0.1, -0.05) is 24.6 Å². The molecule has 1 aromatic rings. The van der Waals surface area contributed by atoms with Gasteiger partial charge in [0, 0.05) is 42.4 Å². The lowest BCUT2D eigenvalue weighted by molar-refractivity contribution is 0.248. The molecule has 23 heavy (non-hydrogen) atoms. The molecule has 0 saturated carbocycles. The first-order chi connectivity index (χ1) is 11.2. The van der Waals surface area contributed by atoms with E-state index in [0.29, 0.717) is 6.04 Å².